The molecule has 2 saturated heterocycles. The first-order valence-electron chi connectivity index (χ1n) is 16.4. The van der Waals surface area contributed by atoms with E-state index in [1.165, 1.54) is 0 Å². The standard InChI is InChI=1S/C35H36N6O5/c42-33-29-27-23-5-1-3-7-25(23)40-10-9-22(46-35(44)39-15-13-37(14-16-39)11-12-38-17-19-45-20-18-38)21-41-26-8-4-2-6-24(26)28(32(41)31(27)40)30(29)34(43)36-33/h1-8,22H,9-21H2,(H,36,42,43). The van der Waals surface area contributed by atoms with Gasteiger partial charge in [-0.3, -0.25) is 24.7 Å². The number of carbonyl (C=O) groups excluding carboxylic acids is 3. The number of para-hydroxylation sites is 2. The summed E-state index contributed by atoms with van der Waals surface area (Å²) >= 11 is 0. The van der Waals surface area contributed by atoms with Gasteiger partial charge in [-0.15, -0.1) is 0 Å². The number of aromatic nitrogens is 2. The van der Waals surface area contributed by atoms with E-state index >= 15 is 0 Å². The Balaban J connectivity index is 1.06. The topological polar surface area (TPSA) is 101 Å². The van der Waals surface area contributed by atoms with Crippen molar-refractivity contribution < 1.29 is 23.9 Å². The van der Waals surface area contributed by atoms with Crippen LogP contribution in [0.1, 0.15) is 27.1 Å². The maximum absolute atomic E-state index is 13.6. The van der Waals surface area contributed by atoms with Crippen molar-refractivity contribution >= 4 is 61.5 Å². The van der Waals surface area contributed by atoms with Gasteiger partial charge in [0, 0.05) is 97.9 Å². The number of benzene rings is 3. The highest BCUT2D eigenvalue weighted by atomic mass is 16.6. The molecule has 3 amide bonds. The van der Waals surface area contributed by atoms with Crippen molar-refractivity contribution in [1.82, 2.24) is 29.2 Å². The SMILES string of the molecule is O=C1NC(=O)c2c1c1c3ccccc3n3c1c1c2c2ccccc2n1CC(OC(=O)N1CCN(CCN2CCOCC2)CC1)CC3. The summed E-state index contributed by atoms with van der Waals surface area (Å²) in [4.78, 5) is 47.1. The van der Waals surface area contributed by atoms with Crippen LogP contribution < -0.4 is 5.32 Å². The minimum absolute atomic E-state index is 0.271. The second-order valence-corrected chi connectivity index (χ2v) is 12.9. The summed E-state index contributed by atoms with van der Waals surface area (Å²) in [5.74, 6) is -0.715. The maximum atomic E-state index is 13.6. The van der Waals surface area contributed by atoms with E-state index in [-0.39, 0.29) is 24.0 Å². The number of hydrogen-bond donors (Lipinski definition) is 1. The summed E-state index contributed by atoms with van der Waals surface area (Å²) in [5.41, 5.74) is 4.70. The molecule has 0 spiro atoms. The molecule has 11 nitrogen and oxygen atoms in total. The summed E-state index contributed by atoms with van der Waals surface area (Å²) in [6.45, 7) is 9.63. The van der Waals surface area contributed by atoms with Crippen LogP contribution in [-0.4, -0.2) is 113 Å². The number of carbonyl (C=O) groups is 3. The number of piperazine rings is 1. The molecule has 2 aromatic heterocycles. The second kappa shape index (κ2) is 10.8. The van der Waals surface area contributed by atoms with E-state index < -0.39 is 0 Å². The molecule has 4 aliphatic heterocycles. The molecule has 9 rings (SSSR count). The molecule has 1 atom stereocenters. The number of aryl methyl sites for hydroxylation is 1. The van der Waals surface area contributed by atoms with E-state index in [4.69, 9.17) is 9.47 Å². The highest BCUT2D eigenvalue weighted by Gasteiger charge is 2.38. The lowest BCUT2D eigenvalue weighted by atomic mass is 9.96. The third-order valence-corrected chi connectivity index (χ3v) is 10.4. The Bertz CT molecular complexity index is 2070. The molecule has 0 radical (unpaired) electrons. The van der Waals surface area contributed by atoms with Crippen molar-refractivity contribution in [1.29, 1.82) is 0 Å². The van der Waals surface area contributed by atoms with Crippen molar-refractivity contribution in [3.05, 3.63) is 59.7 Å². The van der Waals surface area contributed by atoms with Gasteiger partial charge in [-0.25, -0.2) is 4.79 Å². The van der Waals surface area contributed by atoms with E-state index in [0.29, 0.717) is 43.7 Å². The van der Waals surface area contributed by atoms with Gasteiger partial charge in [-0.2, -0.15) is 0 Å². The molecule has 1 N–H and O–H groups in total. The quantitative estimate of drug-likeness (QED) is 0.306. The predicted octanol–water partition coefficient (Wildman–Crippen LogP) is 3.64. The highest BCUT2D eigenvalue weighted by molar-refractivity contribution is 6.39. The van der Waals surface area contributed by atoms with Gasteiger partial charge in [0.25, 0.3) is 11.8 Å². The predicted molar refractivity (Wildman–Crippen MR) is 174 cm³/mol. The Labute approximate surface area is 265 Å². The normalized spacial score (nSPS) is 21.0. The van der Waals surface area contributed by atoms with Crippen LogP contribution in [0.5, 0.6) is 0 Å². The van der Waals surface area contributed by atoms with Crippen LogP contribution in [0.4, 0.5) is 4.79 Å². The lowest BCUT2D eigenvalue weighted by Gasteiger charge is -2.36. The third-order valence-electron chi connectivity index (χ3n) is 10.4. The van der Waals surface area contributed by atoms with Crippen LogP contribution in [-0.2, 0) is 22.6 Å². The fourth-order valence-electron chi connectivity index (χ4n) is 8.10. The molecular weight excluding hydrogens is 584 g/mol. The van der Waals surface area contributed by atoms with Gasteiger partial charge in [0.15, 0.2) is 0 Å². The Kier molecular flexibility index (Phi) is 6.55. The van der Waals surface area contributed by atoms with Crippen LogP contribution in [0, 0.1) is 0 Å². The van der Waals surface area contributed by atoms with Crippen molar-refractivity contribution in [2.24, 2.45) is 0 Å². The van der Waals surface area contributed by atoms with Gasteiger partial charge in [-0.05, 0) is 12.1 Å². The molecule has 0 aliphatic carbocycles. The average molecular weight is 621 g/mol. The maximum Gasteiger partial charge on any atom is 0.410 e. The van der Waals surface area contributed by atoms with E-state index in [1.807, 2.05) is 47.4 Å². The largest absolute Gasteiger partial charge is 0.444 e. The summed E-state index contributed by atoms with van der Waals surface area (Å²) in [5, 5.41) is 6.04. The number of rotatable bonds is 4. The van der Waals surface area contributed by atoms with Crippen LogP contribution in [0.3, 0.4) is 0 Å². The first-order chi connectivity index (χ1) is 22.6. The zero-order valence-corrected chi connectivity index (χ0v) is 25.7. The molecule has 6 heterocycles. The van der Waals surface area contributed by atoms with Crippen molar-refractivity contribution in [2.45, 2.75) is 25.6 Å². The minimum atomic E-state index is -0.376. The van der Waals surface area contributed by atoms with Crippen molar-refractivity contribution in [3.63, 3.8) is 0 Å². The molecule has 1 unspecified atom stereocenters. The zero-order valence-electron chi connectivity index (χ0n) is 25.7. The van der Waals surface area contributed by atoms with E-state index in [1.54, 1.807) is 0 Å². The number of nitrogens with one attached hydrogen (secondary N) is 1. The van der Waals surface area contributed by atoms with Gasteiger partial charge in [-0.1, -0.05) is 36.4 Å². The molecule has 4 aliphatic rings. The fourth-order valence-corrected chi connectivity index (χ4v) is 8.10. The number of imide groups is 1. The number of amides is 3. The third kappa shape index (κ3) is 4.25. The smallest absolute Gasteiger partial charge is 0.410 e. The molecule has 5 aromatic rings. The highest BCUT2D eigenvalue weighted by Crippen LogP contribution is 2.45. The molecule has 11 heteroatoms. The second-order valence-electron chi connectivity index (χ2n) is 12.9. The Morgan fingerprint density at radius 2 is 1.30 bits per heavy atom. The monoisotopic (exact) mass is 620 g/mol. The van der Waals surface area contributed by atoms with Gasteiger partial charge >= 0.3 is 6.09 Å². The van der Waals surface area contributed by atoms with E-state index in [0.717, 1.165) is 96.1 Å². The van der Waals surface area contributed by atoms with E-state index in [2.05, 4.69) is 30.3 Å². The van der Waals surface area contributed by atoms with Crippen molar-refractivity contribution in [2.75, 3.05) is 65.6 Å². The molecule has 2 fully saturated rings. The molecule has 46 heavy (non-hydrogen) atoms. The lowest BCUT2D eigenvalue weighted by Crippen LogP contribution is -2.51. The molecule has 3 aromatic carbocycles. The van der Waals surface area contributed by atoms with Crippen LogP contribution >= 0.6 is 0 Å². The first kappa shape index (κ1) is 27.8. The number of hydrogen-bond acceptors (Lipinski definition) is 7. The minimum Gasteiger partial charge on any atom is -0.444 e. The number of fused-ring (bicyclic) bond motifs is 9. The van der Waals surface area contributed by atoms with Gasteiger partial charge in [0.05, 0.1) is 41.9 Å². The Morgan fingerprint density at radius 1 is 0.739 bits per heavy atom. The van der Waals surface area contributed by atoms with Crippen LogP contribution in [0.25, 0.3) is 43.6 Å². The summed E-state index contributed by atoms with van der Waals surface area (Å²) in [6.07, 6.45) is -0.0268. The first-order valence-corrected chi connectivity index (χ1v) is 16.4. The average Bonchev–Trinajstić information content (AvgIpc) is 3.68. The van der Waals surface area contributed by atoms with Crippen LogP contribution in [0.2, 0.25) is 0 Å². The molecular formula is C35H36N6O5. The Hall–Kier alpha value is -4.45. The number of morpholine rings is 1. The Morgan fingerprint density at radius 3 is 1.96 bits per heavy atom. The van der Waals surface area contributed by atoms with Gasteiger partial charge in [0.2, 0.25) is 0 Å². The van der Waals surface area contributed by atoms with Gasteiger partial charge in [0.1, 0.15) is 6.10 Å². The fraction of sp³-hybridized carbons (Fsp3) is 0.400. The molecule has 0 bridgehead atoms. The summed E-state index contributed by atoms with van der Waals surface area (Å²) < 4.78 is 16.2. The number of ether oxygens (including phenoxy) is 2. The van der Waals surface area contributed by atoms with Crippen LogP contribution in [0.15, 0.2) is 48.5 Å². The summed E-state index contributed by atoms with van der Waals surface area (Å²) in [7, 11) is 0. The zero-order chi connectivity index (χ0) is 30.9. The number of nitrogens with zero attached hydrogens (tertiary/aromatic N) is 5. The van der Waals surface area contributed by atoms with Crippen molar-refractivity contribution in [3.8, 4) is 0 Å². The summed E-state index contributed by atoms with van der Waals surface area (Å²) in [6, 6.07) is 16.1. The lowest BCUT2D eigenvalue weighted by molar-refractivity contribution is 0.0230. The van der Waals surface area contributed by atoms with E-state index in [9.17, 15) is 14.4 Å². The molecule has 0 saturated carbocycles. The molecule has 236 valence electrons. The van der Waals surface area contributed by atoms with Gasteiger partial charge < -0.3 is 23.5 Å².